The van der Waals surface area contributed by atoms with Gasteiger partial charge in [0.25, 0.3) is 0 Å². The summed E-state index contributed by atoms with van der Waals surface area (Å²) in [7, 11) is 0. The van der Waals surface area contributed by atoms with Crippen LogP contribution in [0.2, 0.25) is 0 Å². The number of hydrogen-bond donors (Lipinski definition) is 2. The summed E-state index contributed by atoms with van der Waals surface area (Å²) in [4.78, 5) is 11.4. The first-order valence-corrected chi connectivity index (χ1v) is 8.64. The number of nitrogens with one attached hydrogen (secondary N) is 1. The summed E-state index contributed by atoms with van der Waals surface area (Å²) >= 11 is 0. The topological polar surface area (TPSA) is 54.3 Å². The fourth-order valence-corrected chi connectivity index (χ4v) is 3.27. The molecule has 0 aliphatic carbocycles. The third-order valence-electron chi connectivity index (χ3n) is 4.43. The van der Waals surface area contributed by atoms with Crippen LogP contribution < -0.4 is 5.32 Å². The van der Waals surface area contributed by atoms with Crippen molar-refractivity contribution >= 4 is 22.7 Å². The smallest absolute Gasteiger partial charge is 0.416 e. The number of para-hydroxylation sites is 1. The van der Waals surface area contributed by atoms with Crippen LogP contribution in [-0.2, 0) is 30.5 Å². The van der Waals surface area contributed by atoms with Gasteiger partial charge in [-0.2, -0.15) is 13.2 Å². The molecule has 0 bridgehead atoms. The van der Waals surface area contributed by atoms with E-state index in [-0.39, 0.29) is 13.0 Å². The van der Waals surface area contributed by atoms with Crippen LogP contribution in [0.4, 0.5) is 19.0 Å². The Bertz CT molecular complexity index is 1020. The molecule has 3 aromatic rings. The average molecular weight is 388 g/mol. The van der Waals surface area contributed by atoms with E-state index in [2.05, 4.69) is 11.9 Å². The largest absolute Gasteiger partial charge is 0.481 e. The SMILES string of the molecule is C=CCn1c(NCc2cccc(C(F)(F)F)c2)c(CC(=O)O)c2ccccc21. The maximum absolute atomic E-state index is 12.9. The van der Waals surface area contributed by atoms with Crippen LogP contribution in [0, 0.1) is 0 Å². The van der Waals surface area contributed by atoms with Crippen molar-refractivity contribution < 1.29 is 23.1 Å². The van der Waals surface area contributed by atoms with Crippen LogP contribution in [0.5, 0.6) is 0 Å². The van der Waals surface area contributed by atoms with Gasteiger partial charge in [-0.1, -0.05) is 36.4 Å². The zero-order chi connectivity index (χ0) is 20.3. The van der Waals surface area contributed by atoms with Gasteiger partial charge in [0.1, 0.15) is 5.82 Å². The molecule has 0 saturated carbocycles. The Morgan fingerprint density at radius 3 is 2.61 bits per heavy atom. The third kappa shape index (κ3) is 4.03. The predicted octanol–water partition coefficient (Wildman–Crippen LogP) is 5.09. The van der Waals surface area contributed by atoms with Gasteiger partial charge in [-0.15, -0.1) is 6.58 Å². The highest BCUT2D eigenvalue weighted by atomic mass is 19.4. The highest BCUT2D eigenvalue weighted by molar-refractivity contribution is 5.93. The number of aromatic nitrogens is 1. The van der Waals surface area contributed by atoms with Crippen molar-refractivity contribution in [2.75, 3.05) is 5.32 Å². The van der Waals surface area contributed by atoms with Gasteiger partial charge in [-0.25, -0.2) is 0 Å². The molecule has 1 heterocycles. The van der Waals surface area contributed by atoms with E-state index in [0.29, 0.717) is 23.5 Å². The van der Waals surface area contributed by atoms with Gasteiger partial charge in [0.05, 0.1) is 17.5 Å². The molecular weight excluding hydrogens is 369 g/mol. The molecule has 0 radical (unpaired) electrons. The summed E-state index contributed by atoms with van der Waals surface area (Å²) in [6.45, 7) is 4.31. The molecular formula is C21H19F3N2O2. The van der Waals surface area contributed by atoms with E-state index in [4.69, 9.17) is 0 Å². The lowest BCUT2D eigenvalue weighted by atomic mass is 10.1. The standard InChI is InChI=1S/C21H19F3N2O2/c1-2-10-26-18-9-4-3-8-16(18)17(12-19(27)28)20(26)25-13-14-6-5-7-15(11-14)21(22,23)24/h2-9,11,25H,1,10,12-13H2,(H,27,28). The fourth-order valence-electron chi connectivity index (χ4n) is 3.27. The minimum atomic E-state index is -4.41. The lowest BCUT2D eigenvalue weighted by Crippen LogP contribution is -2.11. The quantitative estimate of drug-likeness (QED) is 0.555. The molecule has 0 saturated heterocycles. The zero-order valence-corrected chi connectivity index (χ0v) is 15.0. The van der Waals surface area contributed by atoms with Gasteiger partial charge in [-0.05, 0) is 23.8 Å². The summed E-state index contributed by atoms with van der Waals surface area (Å²) in [5.41, 5.74) is 1.16. The molecule has 0 spiro atoms. The summed E-state index contributed by atoms with van der Waals surface area (Å²) in [6, 6.07) is 12.4. The van der Waals surface area contributed by atoms with E-state index in [1.54, 1.807) is 12.1 Å². The number of rotatable bonds is 7. The Morgan fingerprint density at radius 2 is 1.93 bits per heavy atom. The number of halogens is 3. The second-order valence-corrected chi connectivity index (χ2v) is 6.37. The van der Waals surface area contributed by atoms with E-state index in [1.807, 2.05) is 28.8 Å². The van der Waals surface area contributed by atoms with E-state index in [1.165, 1.54) is 6.07 Å². The van der Waals surface area contributed by atoms with Crippen molar-refractivity contribution in [3.8, 4) is 0 Å². The number of allylic oxidation sites excluding steroid dienone is 1. The number of aliphatic carboxylic acids is 1. The molecule has 2 aromatic carbocycles. The number of benzene rings is 2. The summed E-state index contributed by atoms with van der Waals surface area (Å²) < 4.78 is 40.7. The summed E-state index contributed by atoms with van der Waals surface area (Å²) in [5.74, 6) is -0.412. The van der Waals surface area contributed by atoms with E-state index < -0.39 is 17.7 Å². The number of hydrogen-bond acceptors (Lipinski definition) is 2. The van der Waals surface area contributed by atoms with Crippen molar-refractivity contribution in [3.05, 3.63) is 77.9 Å². The van der Waals surface area contributed by atoms with E-state index in [9.17, 15) is 23.1 Å². The molecule has 0 amide bonds. The Kier molecular flexibility index (Phi) is 5.44. The van der Waals surface area contributed by atoms with Gasteiger partial charge in [0, 0.05) is 24.0 Å². The Morgan fingerprint density at radius 1 is 1.18 bits per heavy atom. The number of fused-ring (bicyclic) bond motifs is 1. The van der Waals surface area contributed by atoms with Gasteiger partial charge in [-0.3, -0.25) is 4.79 Å². The van der Waals surface area contributed by atoms with Crippen LogP contribution in [0.25, 0.3) is 10.9 Å². The maximum atomic E-state index is 12.9. The van der Waals surface area contributed by atoms with Crippen molar-refractivity contribution in [2.24, 2.45) is 0 Å². The summed E-state index contributed by atoms with van der Waals surface area (Å²) in [6.07, 6.45) is -2.93. The number of alkyl halides is 3. The molecule has 0 atom stereocenters. The molecule has 0 unspecified atom stereocenters. The molecule has 146 valence electrons. The molecule has 7 heteroatoms. The first kappa shape index (κ1) is 19.5. The fraction of sp³-hybridized carbons (Fsp3) is 0.190. The molecule has 0 fully saturated rings. The lowest BCUT2D eigenvalue weighted by molar-refractivity contribution is -0.138. The van der Waals surface area contributed by atoms with Crippen LogP contribution in [0.15, 0.2) is 61.2 Å². The molecule has 4 nitrogen and oxygen atoms in total. The maximum Gasteiger partial charge on any atom is 0.416 e. The molecule has 28 heavy (non-hydrogen) atoms. The molecule has 2 N–H and O–H groups in total. The third-order valence-corrected chi connectivity index (χ3v) is 4.43. The van der Waals surface area contributed by atoms with E-state index in [0.717, 1.165) is 23.0 Å². The van der Waals surface area contributed by atoms with Crippen LogP contribution >= 0.6 is 0 Å². The normalized spacial score (nSPS) is 11.5. The average Bonchev–Trinajstić information content (AvgIpc) is 2.93. The zero-order valence-electron chi connectivity index (χ0n) is 15.0. The highest BCUT2D eigenvalue weighted by Gasteiger charge is 2.30. The Hall–Kier alpha value is -3.22. The van der Waals surface area contributed by atoms with Crippen molar-refractivity contribution in [3.63, 3.8) is 0 Å². The van der Waals surface area contributed by atoms with E-state index >= 15 is 0 Å². The number of carbonyl (C=O) groups is 1. The number of nitrogens with zero attached hydrogens (tertiary/aromatic N) is 1. The monoisotopic (exact) mass is 388 g/mol. The second kappa shape index (κ2) is 7.80. The number of carboxylic acid groups (broad SMARTS) is 1. The minimum Gasteiger partial charge on any atom is -0.481 e. The Balaban J connectivity index is 2.01. The minimum absolute atomic E-state index is 0.129. The lowest BCUT2D eigenvalue weighted by Gasteiger charge is -2.14. The highest BCUT2D eigenvalue weighted by Crippen LogP contribution is 2.32. The Labute approximate surface area is 159 Å². The second-order valence-electron chi connectivity index (χ2n) is 6.37. The first-order valence-electron chi connectivity index (χ1n) is 8.64. The van der Waals surface area contributed by atoms with Gasteiger partial charge in [0.2, 0.25) is 0 Å². The van der Waals surface area contributed by atoms with Gasteiger partial charge < -0.3 is 15.0 Å². The summed E-state index contributed by atoms with van der Waals surface area (Å²) in [5, 5.41) is 13.3. The van der Waals surface area contributed by atoms with Crippen molar-refractivity contribution in [1.82, 2.24) is 4.57 Å². The van der Waals surface area contributed by atoms with Crippen LogP contribution in [-0.4, -0.2) is 15.6 Å². The first-order chi connectivity index (χ1) is 13.3. The van der Waals surface area contributed by atoms with Gasteiger partial charge >= 0.3 is 12.1 Å². The number of carboxylic acids is 1. The van der Waals surface area contributed by atoms with Crippen LogP contribution in [0.1, 0.15) is 16.7 Å². The van der Waals surface area contributed by atoms with Gasteiger partial charge in [0.15, 0.2) is 0 Å². The molecule has 1 aromatic heterocycles. The van der Waals surface area contributed by atoms with Crippen molar-refractivity contribution in [1.29, 1.82) is 0 Å². The molecule has 0 aliphatic rings. The number of anilines is 1. The van der Waals surface area contributed by atoms with Crippen LogP contribution in [0.3, 0.4) is 0 Å². The predicted molar refractivity (Wildman–Crippen MR) is 102 cm³/mol. The van der Waals surface area contributed by atoms with Crippen molar-refractivity contribution in [2.45, 2.75) is 25.7 Å². The molecule has 0 aliphatic heterocycles. The molecule has 3 rings (SSSR count).